The first-order valence-electron chi connectivity index (χ1n) is 4.71. The molecule has 0 radical (unpaired) electrons. The van der Waals surface area contributed by atoms with Crippen molar-refractivity contribution >= 4 is 6.08 Å². The minimum absolute atomic E-state index is 0. The van der Waals surface area contributed by atoms with E-state index in [1.54, 1.807) is 0 Å². The van der Waals surface area contributed by atoms with Crippen molar-refractivity contribution in [2.45, 2.75) is 20.8 Å². The van der Waals surface area contributed by atoms with Crippen molar-refractivity contribution in [3.05, 3.63) is 61.3 Å². The van der Waals surface area contributed by atoms with E-state index in [0.29, 0.717) is 0 Å². The Labute approximate surface area is 124 Å². The van der Waals surface area contributed by atoms with Crippen LogP contribution in [0.2, 0.25) is 0 Å². The van der Waals surface area contributed by atoms with Gasteiger partial charge in [-0.3, -0.25) is 0 Å². The summed E-state index contributed by atoms with van der Waals surface area (Å²) in [6.07, 6.45) is 7.89. The molecule has 0 fully saturated rings. The molecule has 1 rings (SSSR count). The first kappa shape index (κ1) is 26.1. The molecule has 0 unspecified atom stereocenters. The molecule has 1 heterocycles. The minimum Gasteiger partial charge on any atom is 0 e. The fourth-order valence-corrected chi connectivity index (χ4v) is 0.945. The quantitative estimate of drug-likeness (QED) is 0.357. The van der Waals surface area contributed by atoms with Crippen LogP contribution in [-0.4, -0.2) is 0 Å². The molecule has 0 aliphatic carbocycles. The monoisotopic (exact) mass is 302 g/mol. The van der Waals surface area contributed by atoms with Crippen LogP contribution < -0.4 is 0 Å². The van der Waals surface area contributed by atoms with Crippen LogP contribution in [0.3, 0.4) is 0 Å². The molecule has 0 aliphatic heterocycles. The van der Waals surface area contributed by atoms with E-state index in [1.165, 1.54) is 5.56 Å². The molecule has 0 aromatic carbocycles. The summed E-state index contributed by atoms with van der Waals surface area (Å²) in [6, 6.07) is 2.04. The first-order valence-corrected chi connectivity index (χ1v) is 4.71. The zero-order valence-electron chi connectivity index (χ0n) is 10.9. The van der Waals surface area contributed by atoms with Crippen LogP contribution >= 0.6 is 0 Å². The van der Waals surface area contributed by atoms with Crippen LogP contribution in [0.1, 0.15) is 24.0 Å². The van der Waals surface area contributed by atoms with Gasteiger partial charge in [-0.25, -0.2) is 0 Å². The van der Waals surface area contributed by atoms with Gasteiger partial charge in [0.25, 0.3) is 0 Å². The smallest absolute Gasteiger partial charge is 0 e. The van der Waals surface area contributed by atoms with Crippen LogP contribution in [-0.2, 0) is 31.0 Å². The predicted molar refractivity (Wildman–Crippen MR) is 63.8 cm³/mol. The van der Waals surface area contributed by atoms with Crippen molar-refractivity contribution in [3.63, 3.8) is 0 Å². The largest absolute Gasteiger partial charge is 0 e. The van der Waals surface area contributed by atoms with E-state index in [4.69, 9.17) is 18.4 Å². The molecule has 5 heteroatoms. The molecule has 102 valence electrons. The molecule has 0 saturated heterocycles. The summed E-state index contributed by atoms with van der Waals surface area (Å²) < 4.78 is 27.9. The minimum atomic E-state index is 0. The van der Waals surface area contributed by atoms with E-state index < -0.39 is 0 Å². The van der Waals surface area contributed by atoms with Crippen LogP contribution in [0.5, 0.6) is 0 Å². The second kappa shape index (κ2) is 21.8. The normalized spacial score (nSPS) is 7.84. The van der Waals surface area contributed by atoms with E-state index in [2.05, 4.69) is 20.0 Å². The Bertz CT molecular complexity index is 389. The molecule has 0 aliphatic rings. The molecule has 0 spiro atoms. The number of aryl methyl sites for hydroxylation is 2. The van der Waals surface area contributed by atoms with Crippen LogP contribution in [0, 0.1) is 33.8 Å². The molecule has 0 amide bonds. The third-order valence-electron chi connectivity index (χ3n) is 1.75. The third kappa shape index (κ3) is 14.4. The van der Waals surface area contributed by atoms with E-state index in [-0.39, 0.29) is 17.1 Å². The van der Waals surface area contributed by atoms with Crippen LogP contribution in [0.4, 0.5) is 0 Å². The summed E-state index contributed by atoms with van der Waals surface area (Å²) in [6.45, 7) is 19.5. The Morgan fingerprint density at radius 3 is 1.79 bits per heavy atom. The maximum Gasteiger partial charge on any atom is 0 e. The summed E-state index contributed by atoms with van der Waals surface area (Å²) in [7, 11) is 0. The Balaban J connectivity index is -0.000000142. The molecule has 1 aromatic rings. The van der Waals surface area contributed by atoms with Gasteiger partial charge in [0.15, 0.2) is 0 Å². The van der Waals surface area contributed by atoms with E-state index in [1.807, 2.05) is 51.1 Å². The van der Waals surface area contributed by atoms with Gasteiger partial charge in [0.05, 0.1) is 0 Å². The molecule has 1 aromatic heterocycles. The molecule has 19 heavy (non-hydrogen) atoms. The predicted octanol–water partition coefficient (Wildman–Crippen LogP) is 3.37. The van der Waals surface area contributed by atoms with Gasteiger partial charge in [-0.1, -0.05) is 18.2 Å². The summed E-state index contributed by atoms with van der Waals surface area (Å²) >= 11 is 0. The molecule has 0 saturated carbocycles. The van der Waals surface area contributed by atoms with Gasteiger partial charge in [-0.05, 0) is 38.5 Å². The molecular weight excluding hydrogens is 288 g/mol. The zero-order chi connectivity index (χ0) is 15.0. The molecule has 0 atom stereocenters. The van der Waals surface area contributed by atoms with Crippen molar-refractivity contribution in [1.82, 2.24) is 0 Å². The first-order chi connectivity index (χ1) is 8.74. The Morgan fingerprint density at radius 1 is 1.00 bits per heavy atom. The topological polar surface area (TPSA) is 72.8 Å². The maximum absolute atomic E-state index is 7.50. The van der Waals surface area contributed by atoms with Gasteiger partial charge >= 0.3 is 33.9 Å². The molecule has 0 bridgehead atoms. The van der Waals surface area contributed by atoms with Crippen LogP contribution in [0.15, 0.2) is 28.7 Å². The fraction of sp³-hybridized carbons (Fsp3) is 0.214. The fourth-order valence-electron chi connectivity index (χ4n) is 0.945. The second-order valence-corrected chi connectivity index (χ2v) is 2.77. The number of rotatable bonds is 2. The average molecular weight is 302 g/mol. The summed E-state index contributed by atoms with van der Waals surface area (Å²) in [5.41, 5.74) is 1.20. The third-order valence-corrected chi connectivity index (χ3v) is 1.75. The SMILES string of the molecule is C/C=C/C=C/c1cc(C)c(C)o1.[C-]#[O+].[C-]#[O+].[C-]#[O+].[Fe]. The van der Waals surface area contributed by atoms with Crippen molar-refractivity contribution < 1.29 is 35.4 Å². The number of allylic oxidation sites excluding steroid dienone is 3. The summed E-state index contributed by atoms with van der Waals surface area (Å²) in [5, 5.41) is 0. The summed E-state index contributed by atoms with van der Waals surface area (Å²) in [4.78, 5) is 0. The summed E-state index contributed by atoms with van der Waals surface area (Å²) in [5.74, 6) is 1.92. The van der Waals surface area contributed by atoms with E-state index >= 15 is 0 Å². The molecule has 0 N–H and O–H groups in total. The van der Waals surface area contributed by atoms with Gasteiger partial charge < -0.3 is 4.42 Å². The van der Waals surface area contributed by atoms with Gasteiger partial charge in [0.2, 0.25) is 0 Å². The van der Waals surface area contributed by atoms with E-state index in [9.17, 15) is 0 Å². The van der Waals surface area contributed by atoms with Crippen molar-refractivity contribution in [1.29, 1.82) is 0 Å². The van der Waals surface area contributed by atoms with Gasteiger partial charge in [-0.2, -0.15) is 0 Å². The Morgan fingerprint density at radius 2 is 1.47 bits per heavy atom. The Hall–Kier alpha value is -1.50. The Kier molecular flexibility index (Phi) is 29.9. The maximum atomic E-state index is 7.50. The zero-order valence-corrected chi connectivity index (χ0v) is 12.0. The van der Waals surface area contributed by atoms with Crippen molar-refractivity contribution in [2.75, 3.05) is 0 Å². The van der Waals surface area contributed by atoms with Gasteiger partial charge in [0.1, 0.15) is 11.5 Å². The van der Waals surface area contributed by atoms with Gasteiger partial charge in [-0.15, -0.1) is 0 Å². The molecular formula is C14H14FeO4. The standard InChI is InChI=1S/C11H14O.3CO.Fe/c1-4-5-6-7-11-8-9(2)10(3)12-11;3*1-2;/h4-8H,1-3H3;;;;/b5-4+,7-6+;;;;. The number of furan rings is 1. The average Bonchev–Trinajstić information content (AvgIpc) is 2.76. The second-order valence-electron chi connectivity index (χ2n) is 2.77. The van der Waals surface area contributed by atoms with E-state index in [0.717, 1.165) is 11.5 Å². The van der Waals surface area contributed by atoms with Crippen molar-refractivity contribution in [2.24, 2.45) is 0 Å². The van der Waals surface area contributed by atoms with Crippen molar-refractivity contribution in [3.8, 4) is 0 Å². The van der Waals surface area contributed by atoms with Crippen LogP contribution in [0.25, 0.3) is 6.08 Å². The number of hydrogen-bond acceptors (Lipinski definition) is 1. The molecule has 4 nitrogen and oxygen atoms in total. The number of hydrogen-bond donors (Lipinski definition) is 0. The van der Waals surface area contributed by atoms with Gasteiger partial charge in [0, 0.05) is 17.1 Å².